The normalized spacial score (nSPS) is 12.6. The third-order valence-corrected chi connectivity index (χ3v) is 4.78. The Morgan fingerprint density at radius 3 is 1.91 bits per heavy atom. The van der Waals surface area contributed by atoms with Gasteiger partial charge in [0.15, 0.2) is 0 Å². The molecular weight excluding hydrogens is 283 g/mol. The first kappa shape index (κ1) is 14.5. The van der Waals surface area contributed by atoms with Gasteiger partial charge in [-0.1, -0.05) is 69.3 Å². The minimum Gasteiger partial charge on any atom is -0.423 e. The fourth-order valence-corrected chi connectivity index (χ4v) is 3.50. The van der Waals surface area contributed by atoms with Gasteiger partial charge in [0.2, 0.25) is 0 Å². The Morgan fingerprint density at radius 2 is 1.30 bits per heavy atom. The molecule has 0 saturated carbocycles. The number of rotatable bonds is 1. The smallest absolute Gasteiger partial charge is 0.423 e. The first-order chi connectivity index (χ1) is 10.9. The Balaban J connectivity index is 2.20. The summed E-state index contributed by atoms with van der Waals surface area (Å²) >= 11 is 0. The lowest BCUT2D eigenvalue weighted by Crippen LogP contribution is -2.30. The molecule has 0 aliphatic heterocycles. The molecule has 23 heavy (non-hydrogen) atoms. The van der Waals surface area contributed by atoms with Crippen molar-refractivity contribution in [2.24, 2.45) is 0 Å². The van der Waals surface area contributed by atoms with Gasteiger partial charge in [-0.3, -0.25) is 0 Å². The predicted octanol–water partition coefficient (Wildman–Crippen LogP) is 3.56. The second kappa shape index (κ2) is 4.70. The van der Waals surface area contributed by atoms with Crippen LogP contribution in [0, 0.1) is 0 Å². The molecule has 0 spiro atoms. The summed E-state index contributed by atoms with van der Waals surface area (Å²) in [7, 11) is -1.45. The zero-order valence-electron chi connectivity index (χ0n) is 13.6. The highest BCUT2D eigenvalue weighted by Crippen LogP contribution is 2.37. The maximum absolute atomic E-state index is 9.66. The van der Waals surface area contributed by atoms with Crippen molar-refractivity contribution in [3.8, 4) is 0 Å². The minimum absolute atomic E-state index is 0.0942. The molecule has 2 nitrogen and oxygen atoms in total. The van der Waals surface area contributed by atoms with Gasteiger partial charge in [0, 0.05) is 0 Å². The molecule has 0 aliphatic carbocycles. The monoisotopic (exact) mass is 302 g/mol. The van der Waals surface area contributed by atoms with Crippen LogP contribution >= 0.6 is 0 Å². The van der Waals surface area contributed by atoms with Gasteiger partial charge in [0.05, 0.1) is 0 Å². The van der Waals surface area contributed by atoms with Crippen molar-refractivity contribution in [2.45, 2.75) is 26.2 Å². The Bertz CT molecular complexity index is 1010. The third-order valence-electron chi connectivity index (χ3n) is 4.78. The summed E-state index contributed by atoms with van der Waals surface area (Å²) in [5, 5.41) is 26.1. The molecule has 0 fully saturated rings. The largest absolute Gasteiger partial charge is 0.489 e. The van der Waals surface area contributed by atoms with E-state index >= 15 is 0 Å². The SMILES string of the molecule is CC(C)(C)c1cc2ccc3ccc(B(O)O)c4ccc(c1)c2c34. The fourth-order valence-electron chi connectivity index (χ4n) is 3.50. The van der Waals surface area contributed by atoms with Crippen LogP contribution in [0.2, 0.25) is 0 Å². The van der Waals surface area contributed by atoms with Crippen LogP contribution in [0.25, 0.3) is 32.3 Å². The highest BCUT2D eigenvalue weighted by Gasteiger charge is 2.20. The molecule has 0 heterocycles. The van der Waals surface area contributed by atoms with Crippen LogP contribution in [0.3, 0.4) is 0 Å². The second-order valence-electron chi connectivity index (χ2n) is 7.35. The summed E-state index contributed by atoms with van der Waals surface area (Å²) in [6.45, 7) is 6.67. The third kappa shape index (κ3) is 2.12. The first-order valence-electron chi connectivity index (χ1n) is 7.94. The maximum Gasteiger partial charge on any atom is 0.489 e. The number of hydrogen-bond acceptors (Lipinski definition) is 2. The summed E-state index contributed by atoms with van der Waals surface area (Å²) in [5.74, 6) is 0. The highest BCUT2D eigenvalue weighted by atomic mass is 16.4. The molecule has 0 saturated heterocycles. The molecular formula is C20H19BO2. The van der Waals surface area contributed by atoms with Crippen molar-refractivity contribution in [1.29, 1.82) is 0 Å². The van der Waals surface area contributed by atoms with Crippen LogP contribution in [0.4, 0.5) is 0 Å². The fraction of sp³-hybridized carbons (Fsp3) is 0.200. The van der Waals surface area contributed by atoms with Crippen molar-refractivity contribution in [2.75, 3.05) is 0 Å². The van der Waals surface area contributed by atoms with Crippen molar-refractivity contribution < 1.29 is 10.0 Å². The van der Waals surface area contributed by atoms with E-state index in [1.54, 1.807) is 6.07 Å². The molecule has 4 aromatic carbocycles. The lowest BCUT2D eigenvalue weighted by atomic mass is 9.75. The zero-order valence-corrected chi connectivity index (χ0v) is 13.6. The van der Waals surface area contributed by atoms with Gasteiger partial charge in [-0.2, -0.15) is 0 Å². The Hall–Kier alpha value is -2.10. The van der Waals surface area contributed by atoms with E-state index in [0.717, 1.165) is 16.2 Å². The molecule has 0 aliphatic rings. The van der Waals surface area contributed by atoms with Gasteiger partial charge < -0.3 is 10.0 Å². The molecule has 0 radical (unpaired) electrons. The van der Waals surface area contributed by atoms with Crippen LogP contribution in [-0.4, -0.2) is 17.2 Å². The van der Waals surface area contributed by atoms with Gasteiger partial charge in [-0.15, -0.1) is 0 Å². The molecule has 4 aromatic rings. The van der Waals surface area contributed by atoms with Crippen LogP contribution in [0.5, 0.6) is 0 Å². The van der Waals surface area contributed by atoms with E-state index in [-0.39, 0.29) is 5.41 Å². The summed E-state index contributed by atoms with van der Waals surface area (Å²) in [6.07, 6.45) is 0. The van der Waals surface area contributed by atoms with Crippen molar-refractivity contribution >= 4 is 44.9 Å². The van der Waals surface area contributed by atoms with E-state index in [9.17, 15) is 10.0 Å². The highest BCUT2D eigenvalue weighted by molar-refractivity contribution is 6.62. The molecule has 0 bridgehead atoms. The van der Waals surface area contributed by atoms with Crippen LogP contribution in [-0.2, 0) is 5.41 Å². The molecule has 4 rings (SSSR count). The van der Waals surface area contributed by atoms with Gasteiger partial charge in [-0.05, 0) is 48.8 Å². The Kier molecular flexibility index (Phi) is 2.96. The maximum atomic E-state index is 9.66. The van der Waals surface area contributed by atoms with Crippen LogP contribution < -0.4 is 5.46 Å². The van der Waals surface area contributed by atoms with E-state index in [1.165, 1.54) is 21.7 Å². The van der Waals surface area contributed by atoms with Gasteiger partial charge >= 0.3 is 7.12 Å². The molecule has 0 amide bonds. The lowest BCUT2D eigenvalue weighted by molar-refractivity contribution is 0.426. The molecule has 114 valence electrons. The molecule has 2 N–H and O–H groups in total. The van der Waals surface area contributed by atoms with Crippen LogP contribution in [0.15, 0.2) is 48.5 Å². The number of benzene rings is 4. The summed E-state index contributed by atoms with van der Waals surface area (Å²) in [4.78, 5) is 0. The Morgan fingerprint density at radius 1 is 0.739 bits per heavy atom. The van der Waals surface area contributed by atoms with E-state index in [1.807, 2.05) is 12.1 Å². The van der Waals surface area contributed by atoms with Crippen molar-refractivity contribution in [3.05, 3.63) is 54.1 Å². The van der Waals surface area contributed by atoms with Gasteiger partial charge in [-0.25, -0.2) is 0 Å². The average Bonchev–Trinajstić information content (AvgIpc) is 2.50. The van der Waals surface area contributed by atoms with E-state index < -0.39 is 7.12 Å². The second-order valence-corrected chi connectivity index (χ2v) is 7.35. The lowest BCUT2D eigenvalue weighted by Gasteiger charge is -2.21. The van der Waals surface area contributed by atoms with Crippen molar-refractivity contribution in [3.63, 3.8) is 0 Å². The zero-order chi connectivity index (χ0) is 16.4. The molecule has 0 unspecified atom stereocenters. The molecule has 3 heteroatoms. The van der Waals surface area contributed by atoms with Gasteiger partial charge in [0.1, 0.15) is 0 Å². The van der Waals surface area contributed by atoms with E-state index in [4.69, 9.17) is 0 Å². The predicted molar refractivity (Wildman–Crippen MR) is 98.7 cm³/mol. The molecule has 0 atom stereocenters. The summed E-state index contributed by atoms with van der Waals surface area (Å²) in [5.41, 5.74) is 1.97. The standard InChI is InChI=1S/C20H19BO2/c1-20(2,3)15-10-13-5-4-12-7-9-17(21(22)23)16-8-6-14(11-15)18(13)19(12)16/h4-11,22-23H,1-3H3. The van der Waals surface area contributed by atoms with Crippen LogP contribution in [0.1, 0.15) is 26.3 Å². The van der Waals surface area contributed by atoms with Crippen molar-refractivity contribution in [1.82, 2.24) is 0 Å². The van der Waals surface area contributed by atoms with Gasteiger partial charge in [0.25, 0.3) is 0 Å². The topological polar surface area (TPSA) is 40.5 Å². The average molecular weight is 302 g/mol. The minimum atomic E-state index is -1.45. The van der Waals surface area contributed by atoms with E-state index in [0.29, 0.717) is 5.46 Å². The number of hydrogen-bond donors (Lipinski definition) is 2. The molecule has 0 aromatic heterocycles. The quantitative estimate of drug-likeness (QED) is 0.417. The summed E-state index contributed by atoms with van der Waals surface area (Å²) in [6, 6.07) is 16.6. The summed E-state index contributed by atoms with van der Waals surface area (Å²) < 4.78 is 0. The first-order valence-corrected chi connectivity index (χ1v) is 7.94. The Labute approximate surface area is 135 Å². The van der Waals surface area contributed by atoms with E-state index in [2.05, 4.69) is 51.1 Å².